The van der Waals surface area contributed by atoms with Crippen molar-refractivity contribution in [1.29, 1.82) is 0 Å². The molecule has 0 spiro atoms. The molecular weight excluding hydrogens is 360 g/mol. The second kappa shape index (κ2) is 9.16. The van der Waals surface area contributed by atoms with Crippen LogP contribution in [0.2, 0.25) is 0 Å². The number of hydrogen-bond donors (Lipinski definition) is 1. The van der Waals surface area contributed by atoms with Crippen LogP contribution in [-0.4, -0.2) is 5.71 Å². The van der Waals surface area contributed by atoms with Crippen molar-refractivity contribution in [3.8, 4) is 0 Å². The number of benzene rings is 3. The molecule has 3 aromatic carbocycles. The second-order valence-electron chi connectivity index (χ2n) is 6.59. The third-order valence-electron chi connectivity index (χ3n) is 4.70. The van der Waals surface area contributed by atoms with E-state index < -0.39 is 0 Å². The summed E-state index contributed by atoms with van der Waals surface area (Å²) < 4.78 is 0. The van der Waals surface area contributed by atoms with Crippen LogP contribution >= 0.6 is 11.3 Å². The first-order valence-corrected chi connectivity index (χ1v) is 10.3. The van der Waals surface area contributed by atoms with Crippen LogP contribution in [0.5, 0.6) is 0 Å². The van der Waals surface area contributed by atoms with Crippen LogP contribution < -0.4 is 5.43 Å². The molecule has 0 saturated heterocycles. The summed E-state index contributed by atoms with van der Waals surface area (Å²) in [5.74, 6) is 0.251. The average Bonchev–Trinajstić information content (AvgIpc) is 3.31. The maximum Gasteiger partial charge on any atom is 0.0788 e. The summed E-state index contributed by atoms with van der Waals surface area (Å²) in [7, 11) is 0. The molecule has 4 aromatic rings. The van der Waals surface area contributed by atoms with E-state index in [1.54, 1.807) is 11.3 Å². The molecule has 0 radical (unpaired) electrons. The zero-order valence-electron chi connectivity index (χ0n) is 15.5. The van der Waals surface area contributed by atoms with Crippen molar-refractivity contribution in [3.63, 3.8) is 0 Å². The van der Waals surface area contributed by atoms with Gasteiger partial charge in [0.25, 0.3) is 0 Å². The Labute approximate surface area is 170 Å². The lowest BCUT2D eigenvalue weighted by Gasteiger charge is -2.19. The molecule has 3 heteroatoms. The number of thiophene rings is 1. The average molecular weight is 383 g/mol. The molecule has 0 aliphatic rings. The molecule has 0 amide bonds. The van der Waals surface area contributed by atoms with Gasteiger partial charge in [0.15, 0.2) is 0 Å². The van der Waals surface area contributed by atoms with Gasteiger partial charge in [-0.05, 0) is 34.7 Å². The quantitative estimate of drug-likeness (QED) is 0.276. The number of nitrogens with zero attached hydrogens (tertiary/aromatic N) is 1. The first kappa shape index (κ1) is 18.2. The van der Waals surface area contributed by atoms with E-state index in [1.165, 1.54) is 16.0 Å². The zero-order chi connectivity index (χ0) is 19.0. The van der Waals surface area contributed by atoms with Crippen molar-refractivity contribution < 1.29 is 0 Å². The van der Waals surface area contributed by atoms with E-state index in [1.807, 2.05) is 30.3 Å². The van der Waals surface area contributed by atoms with E-state index in [2.05, 4.69) is 83.6 Å². The van der Waals surface area contributed by atoms with Crippen molar-refractivity contribution in [2.45, 2.75) is 12.3 Å². The molecular formula is C25H22N2S. The topological polar surface area (TPSA) is 24.4 Å². The molecule has 28 heavy (non-hydrogen) atoms. The second-order valence-corrected chi connectivity index (χ2v) is 7.54. The maximum absolute atomic E-state index is 4.80. The van der Waals surface area contributed by atoms with E-state index >= 15 is 0 Å². The molecule has 0 aliphatic heterocycles. The predicted octanol–water partition coefficient (Wildman–Crippen LogP) is 6.79. The van der Waals surface area contributed by atoms with Gasteiger partial charge in [-0.1, -0.05) is 84.9 Å². The Balaban J connectivity index is 1.68. The van der Waals surface area contributed by atoms with E-state index in [-0.39, 0.29) is 5.92 Å². The number of anilines is 1. The first-order valence-electron chi connectivity index (χ1n) is 9.41. The summed E-state index contributed by atoms with van der Waals surface area (Å²) in [6.45, 7) is 0. The smallest absolute Gasteiger partial charge is 0.0788 e. The highest BCUT2D eigenvalue weighted by atomic mass is 32.1. The van der Waals surface area contributed by atoms with Crippen LogP contribution in [0.3, 0.4) is 0 Å². The highest BCUT2D eigenvalue weighted by Gasteiger charge is 2.18. The highest BCUT2D eigenvalue weighted by Crippen LogP contribution is 2.30. The maximum atomic E-state index is 4.80. The Hall–Kier alpha value is -3.17. The molecule has 1 N–H and O–H groups in total. The number of nitrogens with one attached hydrogen (secondary N) is 1. The molecule has 0 bridgehead atoms. The van der Waals surface area contributed by atoms with Crippen molar-refractivity contribution in [2.24, 2.45) is 5.10 Å². The molecule has 0 atom stereocenters. The number of rotatable bonds is 7. The standard InChI is InChI=1S/C25H22N2S/c1-4-11-20(12-5-1)23(21-13-6-2-7-14-21)19-24(25-17-10-18-28-25)27-26-22-15-8-3-9-16-22/h1-18,23,26H,19H2/b27-24+. The van der Waals surface area contributed by atoms with E-state index in [0.29, 0.717) is 0 Å². The fraction of sp³-hybridized carbons (Fsp3) is 0.0800. The van der Waals surface area contributed by atoms with Crippen molar-refractivity contribution in [1.82, 2.24) is 0 Å². The lowest BCUT2D eigenvalue weighted by molar-refractivity contribution is 0.854. The van der Waals surface area contributed by atoms with Gasteiger partial charge < -0.3 is 0 Å². The lowest BCUT2D eigenvalue weighted by Crippen LogP contribution is -2.11. The monoisotopic (exact) mass is 382 g/mol. The third kappa shape index (κ3) is 4.56. The van der Waals surface area contributed by atoms with Crippen LogP contribution in [0, 0.1) is 0 Å². The van der Waals surface area contributed by atoms with Gasteiger partial charge in [0.05, 0.1) is 16.3 Å². The Kier molecular flexibility index (Phi) is 5.95. The molecule has 0 aliphatic carbocycles. The van der Waals surface area contributed by atoms with Crippen molar-refractivity contribution >= 4 is 22.7 Å². The summed E-state index contributed by atoms with van der Waals surface area (Å²) in [4.78, 5) is 1.19. The summed E-state index contributed by atoms with van der Waals surface area (Å²) >= 11 is 1.73. The zero-order valence-corrected chi connectivity index (χ0v) is 16.3. The fourth-order valence-electron chi connectivity index (χ4n) is 3.28. The largest absolute Gasteiger partial charge is 0.278 e. The van der Waals surface area contributed by atoms with Gasteiger partial charge in [0.2, 0.25) is 0 Å². The molecule has 0 fully saturated rings. The van der Waals surface area contributed by atoms with Gasteiger partial charge in [-0.15, -0.1) is 11.3 Å². The number of hydrogen-bond acceptors (Lipinski definition) is 3. The molecule has 1 aromatic heterocycles. The van der Waals surface area contributed by atoms with Gasteiger partial charge in [-0.25, -0.2) is 0 Å². The minimum Gasteiger partial charge on any atom is -0.278 e. The van der Waals surface area contributed by atoms with Gasteiger partial charge in [0, 0.05) is 12.3 Å². The summed E-state index contributed by atoms with van der Waals surface area (Å²) in [6.07, 6.45) is 0.828. The first-order chi connectivity index (χ1) is 13.9. The highest BCUT2D eigenvalue weighted by molar-refractivity contribution is 7.12. The van der Waals surface area contributed by atoms with E-state index in [9.17, 15) is 0 Å². The minimum atomic E-state index is 0.251. The minimum absolute atomic E-state index is 0.251. The van der Waals surface area contributed by atoms with Gasteiger partial charge in [-0.3, -0.25) is 5.43 Å². The lowest BCUT2D eigenvalue weighted by atomic mass is 9.86. The summed E-state index contributed by atoms with van der Waals surface area (Å²) in [6, 6.07) is 35.7. The van der Waals surface area contributed by atoms with Gasteiger partial charge in [-0.2, -0.15) is 5.10 Å². The predicted molar refractivity (Wildman–Crippen MR) is 120 cm³/mol. The third-order valence-corrected chi connectivity index (χ3v) is 5.62. The normalized spacial score (nSPS) is 11.5. The van der Waals surface area contributed by atoms with Crippen LogP contribution in [0.4, 0.5) is 5.69 Å². The van der Waals surface area contributed by atoms with Crippen LogP contribution in [0.25, 0.3) is 0 Å². The van der Waals surface area contributed by atoms with E-state index in [4.69, 9.17) is 5.10 Å². The fourth-order valence-corrected chi connectivity index (χ4v) is 4.01. The Morgan fingerprint density at radius 3 is 1.82 bits per heavy atom. The molecule has 2 nitrogen and oxygen atoms in total. The van der Waals surface area contributed by atoms with Crippen molar-refractivity contribution in [3.05, 3.63) is 125 Å². The molecule has 138 valence electrons. The van der Waals surface area contributed by atoms with Crippen molar-refractivity contribution in [2.75, 3.05) is 5.43 Å². The summed E-state index contributed by atoms with van der Waals surface area (Å²) in [5, 5.41) is 6.91. The Morgan fingerprint density at radius 1 is 0.714 bits per heavy atom. The van der Waals surface area contributed by atoms with Crippen LogP contribution in [0.1, 0.15) is 28.3 Å². The molecule has 1 heterocycles. The number of para-hydroxylation sites is 1. The van der Waals surface area contributed by atoms with Gasteiger partial charge >= 0.3 is 0 Å². The Morgan fingerprint density at radius 2 is 1.29 bits per heavy atom. The van der Waals surface area contributed by atoms with Crippen LogP contribution in [-0.2, 0) is 0 Å². The number of hydrazone groups is 1. The molecule has 0 saturated carbocycles. The SMILES string of the molecule is c1ccc(N/N=C(\CC(c2ccccc2)c2ccccc2)c2cccs2)cc1. The Bertz CT molecular complexity index is 955. The summed E-state index contributed by atoms with van der Waals surface area (Å²) in [5.41, 5.74) is 7.90. The van der Waals surface area contributed by atoms with E-state index in [0.717, 1.165) is 17.8 Å². The van der Waals surface area contributed by atoms with Crippen LogP contribution in [0.15, 0.2) is 114 Å². The molecule has 0 unspecified atom stereocenters. The molecule has 4 rings (SSSR count). The van der Waals surface area contributed by atoms with Gasteiger partial charge in [0.1, 0.15) is 0 Å².